The van der Waals surface area contributed by atoms with Gasteiger partial charge in [-0.3, -0.25) is 4.79 Å². The summed E-state index contributed by atoms with van der Waals surface area (Å²) in [7, 11) is -1.94. The monoisotopic (exact) mass is 206 g/mol. The summed E-state index contributed by atoms with van der Waals surface area (Å²) in [4.78, 5) is 25.6. The van der Waals surface area contributed by atoms with Crippen molar-refractivity contribution < 1.29 is 24.2 Å². The minimum atomic E-state index is -1.94. The van der Waals surface area contributed by atoms with Gasteiger partial charge in [0.05, 0.1) is 0 Å². The van der Waals surface area contributed by atoms with E-state index in [-0.39, 0.29) is 0 Å². The molecule has 0 aliphatic heterocycles. The minimum Gasteiger partial charge on any atom is -0.481 e. The van der Waals surface area contributed by atoms with Gasteiger partial charge in [0, 0.05) is 0 Å². The highest BCUT2D eigenvalue weighted by atomic mass is 28.4. The van der Waals surface area contributed by atoms with Crippen LogP contribution in [0.4, 0.5) is 0 Å². The van der Waals surface area contributed by atoms with Crippen LogP contribution in [0.1, 0.15) is 6.92 Å². The highest BCUT2D eigenvalue weighted by molar-refractivity contribution is 6.69. The first-order valence-electron chi connectivity index (χ1n) is 3.86. The number of hydrogen-bond acceptors (Lipinski definition) is 4. The van der Waals surface area contributed by atoms with Crippen molar-refractivity contribution in [2.75, 3.05) is 0 Å². The molecule has 1 unspecified atom stereocenters. The Morgan fingerprint density at radius 2 is 1.77 bits per heavy atom. The fraction of sp³-hybridized carbons (Fsp3) is 0.714. The van der Waals surface area contributed by atoms with Crippen LogP contribution in [0.25, 0.3) is 0 Å². The second-order valence-electron chi connectivity index (χ2n) is 3.66. The van der Waals surface area contributed by atoms with E-state index in [1.807, 2.05) is 19.6 Å². The van der Waals surface area contributed by atoms with Crippen molar-refractivity contribution in [3.63, 3.8) is 0 Å². The lowest BCUT2D eigenvalue weighted by atomic mass is 10.2. The first-order chi connectivity index (χ1) is 5.74. The molecule has 0 aromatic carbocycles. The first-order valence-corrected chi connectivity index (χ1v) is 7.27. The van der Waals surface area contributed by atoms with E-state index in [2.05, 4.69) is 4.89 Å². The molecular formula is C7H14O5Si. The summed E-state index contributed by atoms with van der Waals surface area (Å²) >= 11 is 0. The Balaban J connectivity index is 3.96. The standard InChI is InChI=1S/C7H14O5Si/c1-5(6(8)9)7(10)11-12-13(2,3)4/h5H,1-4H3,(H,8,9). The molecule has 0 amide bonds. The highest BCUT2D eigenvalue weighted by Crippen LogP contribution is 2.06. The molecule has 1 N–H and O–H groups in total. The van der Waals surface area contributed by atoms with E-state index in [1.165, 1.54) is 6.92 Å². The van der Waals surface area contributed by atoms with Crippen molar-refractivity contribution in [3.05, 3.63) is 0 Å². The van der Waals surface area contributed by atoms with E-state index in [4.69, 9.17) is 9.68 Å². The summed E-state index contributed by atoms with van der Waals surface area (Å²) in [6, 6.07) is 0. The third-order valence-corrected chi connectivity index (χ3v) is 1.68. The molecule has 0 aromatic rings. The summed E-state index contributed by atoms with van der Waals surface area (Å²) in [5.74, 6) is -3.27. The van der Waals surface area contributed by atoms with E-state index >= 15 is 0 Å². The van der Waals surface area contributed by atoms with Crippen molar-refractivity contribution in [2.45, 2.75) is 26.6 Å². The molecule has 0 saturated carbocycles. The zero-order valence-electron chi connectivity index (χ0n) is 8.16. The average Bonchev–Trinajstić information content (AvgIpc) is 1.97. The van der Waals surface area contributed by atoms with E-state index in [9.17, 15) is 9.59 Å². The SMILES string of the molecule is CC(C(=O)O)C(=O)OO[Si](C)(C)C. The van der Waals surface area contributed by atoms with Crippen LogP contribution >= 0.6 is 0 Å². The van der Waals surface area contributed by atoms with Gasteiger partial charge in [0.2, 0.25) is 8.32 Å². The van der Waals surface area contributed by atoms with Crippen molar-refractivity contribution in [3.8, 4) is 0 Å². The Labute approximate surface area is 77.7 Å². The third-order valence-electron chi connectivity index (χ3n) is 1.10. The summed E-state index contributed by atoms with van der Waals surface area (Å²) in [5.41, 5.74) is 0. The molecule has 0 bridgehead atoms. The molecule has 0 aliphatic rings. The van der Waals surface area contributed by atoms with Crippen LogP contribution in [0.5, 0.6) is 0 Å². The van der Waals surface area contributed by atoms with Gasteiger partial charge in [0.15, 0.2) is 5.92 Å². The lowest BCUT2D eigenvalue weighted by molar-refractivity contribution is -0.224. The number of carboxylic acid groups (broad SMARTS) is 1. The molecule has 0 aliphatic carbocycles. The van der Waals surface area contributed by atoms with Gasteiger partial charge >= 0.3 is 11.9 Å². The number of aliphatic carboxylic acids is 1. The molecular weight excluding hydrogens is 192 g/mol. The molecule has 1 atom stereocenters. The molecule has 6 heteroatoms. The van der Waals surface area contributed by atoms with E-state index in [0.717, 1.165) is 0 Å². The predicted octanol–water partition coefficient (Wildman–Crippen LogP) is 1.02. The minimum absolute atomic E-state index is 0.866. The maximum Gasteiger partial charge on any atom is 0.354 e. The normalized spacial score (nSPS) is 13.5. The van der Waals surface area contributed by atoms with E-state index in [0.29, 0.717) is 0 Å². The molecule has 0 aromatic heterocycles. The Hall–Kier alpha value is -0.883. The van der Waals surface area contributed by atoms with Crippen LogP contribution in [0, 0.1) is 5.92 Å². The largest absolute Gasteiger partial charge is 0.481 e. The summed E-state index contributed by atoms with van der Waals surface area (Å²) in [6.07, 6.45) is 0. The van der Waals surface area contributed by atoms with Gasteiger partial charge in [-0.25, -0.2) is 9.37 Å². The van der Waals surface area contributed by atoms with Crippen molar-refractivity contribution in [1.29, 1.82) is 0 Å². The topological polar surface area (TPSA) is 72.8 Å². The second kappa shape index (κ2) is 4.38. The molecule has 0 spiro atoms. The number of carbonyl (C=O) groups excluding carboxylic acids is 1. The first kappa shape index (κ1) is 12.1. The molecule has 0 radical (unpaired) electrons. The summed E-state index contributed by atoms with van der Waals surface area (Å²) in [5, 5.41) is 8.44. The van der Waals surface area contributed by atoms with Crippen LogP contribution in [0.15, 0.2) is 0 Å². The zero-order chi connectivity index (χ0) is 10.6. The Morgan fingerprint density at radius 1 is 1.31 bits per heavy atom. The van der Waals surface area contributed by atoms with Crippen LogP contribution in [-0.4, -0.2) is 25.4 Å². The number of rotatable bonds is 4. The maximum absolute atomic E-state index is 10.9. The molecule has 76 valence electrons. The number of hydrogen-bond donors (Lipinski definition) is 1. The van der Waals surface area contributed by atoms with Crippen LogP contribution < -0.4 is 0 Å². The quantitative estimate of drug-likeness (QED) is 0.322. The van der Waals surface area contributed by atoms with E-state index in [1.54, 1.807) is 0 Å². The van der Waals surface area contributed by atoms with E-state index < -0.39 is 26.2 Å². The van der Waals surface area contributed by atoms with Crippen LogP contribution in [0.2, 0.25) is 19.6 Å². The molecule has 0 fully saturated rings. The lowest BCUT2D eigenvalue weighted by Crippen LogP contribution is -2.30. The van der Waals surface area contributed by atoms with Crippen molar-refractivity contribution >= 4 is 20.3 Å². The van der Waals surface area contributed by atoms with Gasteiger partial charge in [0.25, 0.3) is 0 Å². The maximum atomic E-state index is 10.9. The highest BCUT2D eigenvalue weighted by Gasteiger charge is 2.26. The fourth-order valence-corrected chi connectivity index (χ4v) is 0.671. The van der Waals surface area contributed by atoms with Gasteiger partial charge in [-0.05, 0) is 26.6 Å². The van der Waals surface area contributed by atoms with Gasteiger partial charge in [-0.15, -0.1) is 0 Å². The van der Waals surface area contributed by atoms with Crippen molar-refractivity contribution in [1.82, 2.24) is 0 Å². The molecule has 5 nitrogen and oxygen atoms in total. The fourth-order valence-electron chi connectivity index (χ4n) is 0.339. The number of carbonyl (C=O) groups is 2. The summed E-state index contributed by atoms with van der Waals surface area (Å²) in [6.45, 7) is 6.72. The molecule has 0 rings (SSSR count). The zero-order valence-corrected chi connectivity index (χ0v) is 9.16. The molecule has 0 saturated heterocycles. The average molecular weight is 206 g/mol. The smallest absolute Gasteiger partial charge is 0.354 e. The van der Waals surface area contributed by atoms with Crippen LogP contribution in [-0.2, 0) is 19.1 Å². The van der Waals surface area contributed by atoms with Crippen LogP contribution in [0.3, 0.4) is 0 Å². The van der Waals surface area contributed by atoms with Gasteiger partial charge in [0.1, 0.15) is 0 Å². The second-order valence-corrected chi connectivity index (χ2v) is 8.05. The lowest BCUT2D eigenvalue weighted by Gasteiger charge is -2.15. The molecule has 0 heterocycles. The molecule has 13 heavy (non-hydrogen) atoms. The Kier molecular flexibility index (Phi) is 4.08. The third kappa shape index (κ3) is 5.37. The van der Waals surface area contributed by atoms with Gasteiger partial charge in [-0.1, -0.05) is 0 Å². The number of carboxylic acids is 1. The van der Waals surface area contributed by atoms with Gasteiger partial charge in [-0.2, -0.15) is 0 Å². The van der Waals surface area contributed by atoms with Crippen molar-refractivity contribution in [2.24, 2.45) is 5.92 Å². The summed E-state index contributed by atoms with van der Waals surface area (Å²) < 4.78 is 4.79. The van der Waals surface area contributed by atoms with Gasteiger partial charge < -0.3 is 9.99 Å². The predicted molar refractivity (Wildman–Crippen MR) is 47.3 cm³/mol. The Morgan fingerprint density at radius 3 is 2.08 bits per heavy atom. The Bertz CT molecular complexity index is 207.